The van der Waals surface area contributed by atoms with Crippen LogP contribution in [0.2, 0.25) is 0 Å². The average Bonchev–Trinajstić information content (AvgIpc) is 3.43. The largest absolute Gasteiger partial charge is 0.481 e. The van der Waals surface area contributed by atoms with Crippen LogP contribution in [0.1, 0.15) is 65.2 Å². The zero-order valence-corrected chi connectivity index (χ0v) is 29.6. The molecule has 0 amide bonds. The van der Waals surface area contributed by atoms with Crippen LogP contribution in [-0.4, -0.2) is 99.6 Å². The number of aliphatic hydroxyl groups is 1. The number of aliphatic carboxylic acids is 1. The third kappa shape index (κ3) is 11.1. The Balaban J connectivity index is 0.000000687. The van der Waals surface area contributed by atoms with Gasteiger partial charge in [-0.3, -0.25) is 24.0 Å². The number of carbonyl (C=O) groups is 5. The molecular weight excluding hydrogens is 728 g/mol. The number of rotatable bonds is 18. The number of carbonyl (C=O) groups excluding carboxylic acids is 4. The summed E-state index contributed by atoms with van der Waals surface area (Å²) in [5.41, 5.74) is 5.80. The molecule has 0 aliphatic heterocycles. The lowest BCUT2D eigenvalue weighted by Crippen LogP contribution is -2.56. The molecule has 0 aromatic carbocycles. The standard InChI is InChI=1S/C28H37N3O13.C4H7NO5/c1-27-8-7-16(32)9-15(27)3-4-18-19-5-6-20(28(19,2)11-22(33)25(18)27)23(34)14-41-24(35)10-21(29)26(36)42-12-17(44-31(39)40)13-43-30(37)38;6-4(7)2-1-3-10-5(8)9/h7-9,17-22,25,33H,3-6,10-14,29H2,1-2H3;1-3H2,(H,6,7). The molecule has 54 heavy (non-hydrogen) atoms. The van der Waals surface area contributed by atoms with Gasteiger partial charge in [0.1, 0.15) is 25.9 Å². The Morgan fingerprint density at radius 3 is 2.31 bits per heavy atom. The van der Waals surface area contributed by atoms with Gasteiger partial charge in [0.25, 0.3) is 15.3 Å². The highest BCUT2D eigenvalue weighted by Crippen LogP contribution is 2.66. The summed E-state index contributed by atoms with van der Waals surface area (Å²) in [6.07, 6.45) is 5.63. The maximum atomic E-state index is 13.3. The molecular formula is C32H44N4O18. The van der Waals surface area contributed by atoms with Crippen molar-refractivity contribution in [3.8, 4) is 0 Å². The van der Waals surface area contributed by atoms with E-state index in [0.717, 1.165) is 24.8 Å². The van der Waals surface area contributed by atoms with Crippen molar-refractivity contribution in [2.75, 3.05) is 26.4 Å². The van der Waals surface area contributed by atoms with Crippen molar-refractivity contribution in [2.45, 2.75) is 83.5 Å². The minimum atomic E-state index is -1.61. The number of nitrogens with two attached hydrogens (primary N) is 1. The van der Waals surface area contributed by atoms with Gasteiger partial charge in [0.05, 0.1) is 19.1 Å². The predicted octanol–water partition coefficient (Wildman–Crippen LogP) is 1.10. The number of Topliss-reactive ketones (excluding diaryl/α,β-unsaturated/α-hetero) is 1. The van der Waals surface area contributed by atoms with Gasteiger partial charge in [0.2, 0.25) is 0 Å². The summed E-state index contributed by atoms with van der Waals surface area (Å²) in [6.45, 7) is 1.70. The quantitative estimate of drug-likeness (QED) is 0.0759. The van der Waals surface area contributed by atoms with Gasteiger partial charge in [-0.1, -0.05) is 25.5 Å². The summed E-state index contributed by atoms with van der Waals surface area (Å²) in [5, 5.41) is 46.4. The van der Waals surface area contributed by atoms with Gasteiger partial charge in [-0.25, -0.2) is 0 Å². The third-order valence-corrected chi connectivity index (χ3v) is 10.7. The highest BCUT2D eigenvalue weighted by Gasteiger charge is 2.62. The minimum Gasteiger partial charge on any atom is -0.481 e. The number of hydrogen-bond acceptors (Lipinski definition) is 18. The van der Waals surface area contributed by atoms with E-state index in [2.05, 4.69) is 21.4 Å². The molecule has 0 saturated heterocycles. The van der Waals surface area contributed by atoms with Gasteiger partial charge in [-0.15, -0.1) is 30.3 Å². The summed E-state index contributed by atoms with van der Waals surface area (Å²) < 4.78 is 9.90. The predicted molar refractivity (Wildman–Crippen MR) is 176 cm³/mol. The minimum absolute atomic E-state index is 0.0405. The molecule has 300 valence electrons. The maximum Gasteiger partial charge on any atom is 0.323 e. The molecule has 0 bridgehead atoms. The molecule has 0 spiro atoms. The molecule has 9 unspecified atom stereocenters. The molecule has 0 aromatic heterocycles. The molecule has 0 heterocycles. The first-order chi connectivity index (χ1) is 25.3. The Bertz CT molecular complexity index is 1520. The van der Waals surface area contributed by atoms with Crippen LogP contribution in [-0.2, 0) is 48.0 Å². The summed E-state index contributed by atoms with van der Waals surface area (Å²) in [4.78, 5) is 102. The average molecular weight is 773 g/mol. The van der Waals surface area contributed by atoms with Crippen LogP contribution in [0.5, 0.6) is 0 Å². The molecule has 22 heteroatoms. The lowest BCUT2D eigenvalue weighted by molar-refractivity contribution is -0.790. The molecule has 3 fully saturated rings. The number of carboxylic acid groups (broad SMARTS) is 1. The fourth-order valence-electron chi connectivity index (χ4n) is 8.45. The van der Waals surface area contributed by atoms with Gasteiger partial charge in [0.15, 0.2) is 17.7 Å². The highest BCUT2D eigenvalue weighted by molar-refractivity contribution is 6.01. The van der Waals surface area contributed by atoms with Crippen LogP contribution >= 0.6 is 0 Å². The Morgan fingerprint density at radius 1 is 1.00 bits per heavy atom. The van der Waals surface area contributed by atoms with Crippen molar-refractivity contribution in [3.05, 3.63) is 54.1 Å². The van der Waals surface area contributed by atoms with Crippen LogP contribution in [0.25, 0.3) is 0 Å². The molecule has 0 radical (unpaired) electrons. The van der Waals surface area contributed by atoms with Crippen LogP contribution in [0, 0.1) is 64.8 Å². The Kier molecular flexibility index (Phi) is 14.9. The normalized spacial score (nSPS) is 28.9. The lowest BCUT2D eigenvalue weighted by atomic mass is 9.46. The van der Waals surface area contributed by atoms with Gasteiger partial charge in [0, 0.05) is 23.7 Å². The van der Waals surface area contributed by atoms with E-state index < -0.39 is 94.4 Å². The zero-order valence-electron chi connectivity index (χ0n) is 29.6. The van der Waals surface area contributed by atoms with E-state index in [-0.39, 0.29) is 48.8 Å². The zero-order chi connectivity index (χ0) is 40.4. The van der Waals surface area contributed by atoms with Crippen LogP contribution < -0.4 is 5.73 Å². The fourth-order valence-corrected chi connectivity index (χ4v) is 8.45. The Morgan fingerprint density at radius 2 is 1.69 bits per heavy atom. The Hall–Kier alpha value is -5.25. The monoisotopic (exact) mass is 772 g/mol. The highest BCUT2D eigenvalue weighted by atomic mass is 17.0. The fraction of sp³-hybridized carbons (Fsp3) is 0.719. The number of carboxylic acids is 1. The van der Waals surface area contributed by atoms with E-state index in [9.17, 15) is 59.4 Å². The first-order valence-electron chi connectivity index (χ1n) is 17.1. The topological polar surface area (TPSA) is 327 Å². The lowest BCUT2D eigenvalue weighted by Gasteiger charge is -2.58. The van der Waals surface area contributed by atoms with E-state index in [0.29, 0.717) is 12.8 Å². The molecule has 4 aliphatic rings. The number of ketones is 2. The van der Waals surface area contributed by atoms with Crippen molar-refractivity contribution in [1.82, 2.24) is 0 Å². The van der Waals surface area contributed by atoms with Crippen molar-refractivity contribution >= 4 is 29.5 Å². The smallest absolute Gasteiger partial charge is 0.323 e. The van der Waals surface area contributed by atoms with Gasteiger partial charge >= 0.3 is 17.9 Å². The molecule has 3 saturated carbocycles. The van der Waals surface area contributed by atoms with Gasteiger partial charge in [-0.2, -0.15) is 0 Å². The third-order valence-electron chi connectivity index (χ3n) is 10.7. The number of hydrogen-bond donors (Lipinski definition) is 3. The van der Waals surface area contributed by atoms with Gasteiger partial charge in [-0.05, 0) is 67.9 Å². The van der Waals surface area contributed by atoms with Crippen LogP contribution in [0.15, 0.2) is 23.8 Å². The maximum absolute atomic E-state index is 13.3. The van der Waals surface area contributed by atoms with E-state index >= 15 is 0 Å². The number of aliphatic hydroxyl groups excluding tert-OH is 1. The first kappa shape index (κ1) is 43.2. The number of fused-ring (bicyclic) bond motifs is 5. The van der Waals surface area contributed by atoms with Crippen molar-refractivity contribution in [1.29, 1.82) is 0 Å². The summed E-state index contributed by atoms with van der Waals surface area (Å²) >= 11 is 0. The van der Waals surface area contributed by atoms with E-state index in [1.807, 2.05) is 13.0 Å². The van der Waals surface area contributed by atoms with E-state index in [4.69, 9.17) is 20.3 Å². The summed E-state index contributed by atoms with van der Waals surface area (Å²) in [6, 6.07) is -1.54. The second kappa shape index (κ2) is 18.7. The number of ether oxygens (including phenoxy) is 2. The second-order valence-electron chi connectivity index (χ2n) is 14.0. The summed E-state index contributed by atoms with van der Waals surface area (Å²) in [7, 11) is 0. The summed E-state index contributed by atoms with van der Waals surface area (Å²) in [5.74, 6) is -3.59. The molecule has 0 aromatic rings. The van der Waals surface area contributed by atoms with Crippen molar-refractivity contribution in [3.63, 3.8) is 0 Å². The molecule has 9 atom stereocenters. The first-order valence-corrected chi connectivity index (χ1v) is 17.1. The number of nitrogens with zero attached hydrogens (tertiary/aromatic N) is 3. The Labute approximate surface area is 307 Å². The SMILES string of the molecule is CC12C=CC(=O)C=C1CCC1C2C(O)CC2(C)C(C(=O)COC(=O)CC(N)C(=O)OCC(CO[N+](=O)[O-])O[N+](=O)[O-])CCC12.O=C(O)CCCO[N+](=O)[O-]. The van der Waals surface area contributed by atoms with Gasteiger partial charge < -0.3 is 39.9 Å². The molecule has 4 N–H and O–H groups in total. The van der Waals surface area contributed by atoms with Crippen LogP contribution in [0.3, 0.4) is 0 Å². The van der Waals surface area contributed by atoms with E-state index in [1.54, 1.807) is 12.2 Å². The number of esters is 2. The van der Waals surface area contributed by atoms with E-state index in [1.165, 1.54) is 0 Å². The number of allylic oxidation sites excluding steroid dienone is 4. The molecule has 4 aliphatic carbocycles. The second-order valence-corrected chi connectivity index (χ2v) is 14.0. The van der Waals surface area contributed by atoms with Crippen molar-refractivity contribution in [2.24, 2.45) is 40.2 Å². The molecule has 4 rings (SSSR count). The van der Waals surface area contributed by atoms with Crippen LogP contribution in [0.4, 0.5) is 0 Å². The van der Waals surface area contributed by atoms with Crippen molar-refractivity contribution < 1.29 is 73.4 Å². The molecule has 22 nitrogen and oxygen atoms in total.